The van der Waals surface area contributed by atoms with Crippen molar-refractivity contribution in [3.05, 3.63) is 52.5 Å². The first-order valence-electron chi connectivity index (χ1n) is 7.61. The predicted octanol–water partition coefficient (Wildman–Crippen LogP) is 2.75. The number of carboxylic acid groups (broad SMARTS) is 1. The van der Waals surface area contributed by atoms with Crippen molar-refractivity contribution >= 4 is 23.2 Å². The minimum atomic E-state index is -0.854. The molecule has 0 bridgehead atoms. The molecule has 3 heterocycles. The van der Waals surface area contributed by atoms with E-state index in [4.69, 9.17) is 0 Å². The van der Waals surface area contributed by atoms with Crippen LogP contribution in [0.15, 0.2) is 42.0 Å². The lowest BCUT2D eigenvalue weighted by Gasteiger charge is -2.39. The maximum atomic E-state index is 12.4. The summed E-state index contributed by atoms with van der Waals surface area (Å²) in [5.41, 5.74) is 0.791. The SMILES string of the molecule is O=C(O)[C@@H]1CCC(=O)N(CCc2cccs2)[C@@H]1c1cccnc1. The lowest BCUT2D eigenvalue weighted by Crippen LogP contribution is -2.46. The van der Waals surface area contributed by atoms with Crippen LogP contribution < -0.4 is 0 Å². The fourth-order valence-electron chi connectivity index (χ4n) is 3.12. The van der Waals surface area contributed by atoms with Crippen molar-refractivity contribution in [1.29, 1.82) is 0 Å². The van der Waals surface area contributed by atoms with E-state index < -0.39 is 17.9 Å². The Morgan fingerprint density at radius 3 is 2.91 bits per heavy atom. The highest BCUT2D eigenvalue weighted by atomic mass is 32.1. The molecular formula is C17H18N2O3S. The Morgan fingerprint density at radius 2 is 2.26 bits per heavy atom. The monoisotopic (exact) mass is 330 g/mol. The summed E-state index contributed by atoms with van der Waals surface area (Å²) in [6, 6.07) is 7.21. The van der Waals surface area contributed by atoms with Crippen LogP contribution in [0, 0.1) is 5.92 Å². The summed E-state index contributed by atoms with van der Waals surface area (Å²) in [5.74, 6) is -1.42. The molecule has 0 aliphatic carbocycles. The molecule has 1 amide bonds. The van der Waals surface area contributed by atoms with Gasteiger partial charge >= 0.3 is 5.97 Å². The molecule has 2 atom stereocenters. The third-order valence-corrected chi connectivity index (χ3v) is 5.16. The molecule has 1 saturated heterocycles. The highest BCUT2D eigenvalue weighted by molar-refractivity contribution is 7.09. The van der Waals surface area contributed by atoms with Crippen molar-refractivity contribution in [2.75, 3.05) is 6.54 Å². The zero-order valence-electron chi connectivity index (χ0n) is 12.6. The van der Waals surface area contributed by atoms with Gasteiger partial charge in [-0.3, -0.25) is 14.6 Å². The Balaban J connectivity index is 1.87. The van der Waals surface area contributed by atoms with E-state index in [0.717, 1.165) is 12.0 Å². The molecule has 1 aliphatic heterocycles. The highest BCUT2D eigenvalue weighted by Crippen LogP contribution is 2.36. The number of rotatable bonds is 5. The van der Waals surface area contributed by atoms with Crippen LogP contribution in [0.1, 0.15) is 29.3 Å². The lowest BCUT2D eigenvalue weighted by molar-refractivity contribution is -0.152. The molecule has 5 nitrogen and oxygen atoms in total. The largest absolute Gasteiger partial charge is 0.481 e. The average Bonchev–Trinajstić information content (AvgIpc) is 3.07. The summed E-state index contributed by atoms with van der Waals surface area (Å²) in [6.07, 6.45) is 4.73. The first-order valence-corrected chi connectivity index (χ1v) is 8.49. The van der Waals surface area contributed by atoms with Gasteiger partial charge < -0.3 is 10.0 Å². The first-order chi connectivity index (χ1) is 11.2. The summed E-state index contributed by atoms with van der Waals surface area (Å²) in [7, 11) is 0. The number of hydrogen-bond donors (Lipinski definition) is 1. The van der Waals surface area contributed by atoms with Gasteiger partial charge in [0.25, 0.3) is 0 Å². The maximum Gasteiger partial charge on any atom is 0.308 e. The van der Waals surface area contributed by atoms with Crippen LogP contribution in [0.4, 0.5) is 0 Å². The van der Waals surface area contributed by atoms with Crippen LogP contribution in [0.2, 0.25) is 0 Å². The smallest absolute Gasteiger partial charge is 0.308 e. The number of amides is 1. The number of hydrogen-bond acceptors (Lipinski definition) is 4. The standard InChI is InChI=1S/C17H18N2O3S/c20-15-6-5-14(17(21)22)16(12-3-1-8-18-11-12)19(15)9-7-13-4-2-10-23-13/h1-4,8,10-11,14,16H,5-7,9H2,(H,21,22)/t14-,16-/m1/s1. The van der Waals surface area contributed by atoms with Gasteiger partial charge in [0.2, 0.25) is 5.91 Å². The summed E-state index contributed by atoms with van der Waals surface area (Å²) in [6.45, 7) is 0.530. The zero-order valence-corrected chi connectivity index (χ0v) is 13.4. The van der Waals surface area contributed by atoms with Crippen molar-refractivity contribution in [2.45, 2.75) is 25.3 Å². The van der Waals surface area contributed by atoms with Crippen LogP contribution in [-0.4, -0.2) is 33.4 Å². The first kappa shape index (κ1) is 15.7. The number of carbonyl (C=O) groups excluding carboxylic acids is 1. The molecule has 0 aromatic carbocycles. The fraction of sp³-hybridized carbons (Fsp3) is 0.353. The molecule has 0 saturated carbocycles. The van der Waals surface area contributed by atoms with Crippen LogP contribution in [0.3, 0.4) is 0 Å². The van der Waals surface area contributed by atoms with Gasteiger partial charge in [0.1, 0.15) is 0 Å². The van der Waals surface area contributed by atoms with Crippen molar-refractivity contribution < 1.29 is 14.7 Å². The number of carboxylic acids is 1. The average molecular weight is 330 g/mol. The Labute approximate surface area is 138 Å². The minimum Gasteiger partial charge on any atom is -0.481 e. The van der Waals surface area contributed by atoms with Crippen molar-refractivity contribution in [3.8, 4) is 0 Å². The van der Waals surface area contributed by atoms with E-state index in [1.54, 1.807) is 34.7 Å². The molecule has 1 N–H and O–H groups in total. The number of likely N-dealkylation sites (tertiary alicyclic amines) is 1. The second-order valence-electron chi connectivity index (χ2n) is 5.63. The van der Waals surface area contributed by atoms with Crippen LogP contribution in [0.25, 0.3) is 0 Å². The Kier molecular flexibility index (Phi) is 4.71. The van der Waals surface area contributed by atoms with Crippen molar-refractivity contribution in [2.24, 2.45) is 5.92 Å². The van der Waals surface area contributed by atoms with Gasteiger partial charge in [-0.25, -0.2) is 0 Å². The number of piperidine rings is 1. The molecule has 6 heteroatoms. The minimum absolute atomic E-state index is 0.0212. The van der Waals surface area contributed by atoms with E-state index >= 15 is 0 Å². The van der Waals surface area contributed by atoms with E-state index in [0.29, 0.717) is 13.0 Å². The number of aromatic nitrogens is 1. The molecule has 3 rings (SSSR count). The molecule has 1 fully saturated rings. The number of thiophene rings is 1. The number of aliphatic carboxylic acids is 1. The van der Waals surface area contributed by atoms with E-state index in [9.17, 15) is 14.7 Å². The third kappa shape index (κ3) is 3.42. The molecule has 2 aromatic rings. The zero-order chi connectivity index (χ0) is 16.2. The quantitative estimate of drug-likeness (QED) is 0.915. The number of carbonyl (C=O) groups is 2. The van der Waals surface area contributed by atoms with Crippen LogP contribution in [-0.2, 0) is 16.0 Å². The Bertz CT molecular complexity index is 672. The molecule has 23 heavy (non-hydrogen) atoms. The van der Waals surface area contributed by atoms with E-state index in [1.807, 2.05) is 23.6 Å². The number of pyridine rings is 1. The second-order valence-corrected chi connectivity index (χ2v) is 6.66. The van der Waals surface area contributed by atoms with E-state index in [2.05, 4.69) is 4.98 Å². The van der Waals surface area contributed by atoms with Gasteiger partial charge in [-0.15, -0.1) is 11.3 Å². The van der Waals surface area contributed by atoms with E-state index in [-0.39, 0.29) is 12.3 Å². The van der Waals surface area contributed by atoms with Gasteiger partial charge in [0.15, 0.2) is 0 Å². The Hall–Kier alpha value is -2.21. The lowest BCUT2D eigenvalue weighted by atomic mass is 9.84. The van der Waals surface area contributed by atoms with Crippen LogP contribution in [0.5, 0.6) is 0 Å². The fourth-order valence-corrected chi connectivity index (χ4v) is 3.82. The van der Waals surface area contributed by atoms with Gasteiger partial charge in [0.05, 0.1) is 12.0 Å². The highest BCUT2D eigenvalue weighted by Gasteiger charge is 2.40. The summed E-state index contributed by atoms with van der Waals surface area (Å²) < 4.78 is 0. The van der Waals surface area contributed by atoms with Gasteiger partial charge in [-0.1, -0.05) is 12.1 Å². The van der Waals surface area contributed by atoms with Crippen molar-refractivity contribution in [3.63, 3.8) is 0 Å². The summed E-state index contributed by atoms with van der Waals surface area (Å²) >= 11 is 1.65. The third-order valence-electron chi connectivity index (χ3n) is 4.23. The molecule has 120 valence electrons. The molecule has 2 aromatic heterocycles. The molecule has 0 unspecified atom stereocenters. The van der Waals surface area contributed by atoms with Gasteiger partial charge in [-0.05, 0) is 35.9 Å². The number of nitrogens with zero attached hydrogens (tertiary/aromatic N) is 2. The summed E-state index contributed by atoms with van der Waals surface area (Å²) in [5, 5.41) is 11.6. The van der Waals surface area contributed by atoms with Gasteiger partial charge in [-0.2, -0.15) is 0 Å². The normalized spacial score (nSPS) is 21.4. The predicted molar refractivity (Wildman–Crippen MR) is 87.1 cm³/mol. The van der Waals surface area contributed by atoms with Crippen LogP contribution >= 0.6 is 11.3 Å². The maximum absolute atomic E-state index is 12.4. The topological polar surface area (TPSA) is 70.5 Å². The Morgan fingerprint density at radius 1 is 1.39 bits per heavy atom. The van der Waals surface area contributed by atoms with E-state index in [1.165, 1.54) is 4.88 Å². The molecule has 0 spiro atoms. The molecule has 1 aliphatic rings. The summed E-state index contributed by atoms with van der Waals surface area (Å²) in [4.78, 5) is 31.1. The second kappa shape index (κ2) is 6.91. The molecular weight excluding hydrogens is 312 g/mol. The molecule has 0 radical (unpaired) electrons. The van der Waals surface area contributed by atoms with Gasteiger partial charge in [0, 0.05) is 30.2 Å². The van der Waals surface area contributed by atoms with Crippen molar-refractivity contribution in [1.82, 2.24) is 9.88 Å².